The molecule has 1 nitrogen and oxygen atoms in total. The molecule has 2 aliphatic rings. The average molecular weight is 396 g/mol. The Balaban J connectivity index is 0.00000261. The molecular weight excluding hydrogens is 357 g/mol. The van der Waals surface area contributed by atoms with Crippen molar-refractivity contribution in [3.05, 3.63) is 35.1 Å². The predicted octanol–water partition coefficient (Wildman–Crippen LogP) is 7.16. The van der Waals surface area contributed by atoms with Crippen LogP contribution in [0.2, 0.25) is 0 Å². The van der Waals surface area contributed by atoms with Crippen LogP contribution in [0, 0.1) is 16.6 Å². The van der Waals surface area contributed by atoms with E-state index in [1.165, 1.54) is 69.3 Å². The van der Waals surface area contributed by atoms with Crippen LogP contribution in [0.1, 0.15) is 96.1 Å². The van der Waals surface area contributed by atoms with Crippen LogP contribution in [0.5, 0.6) is 0 Å². The van der Waals surface area contributed by atoms with Crippen molar-refractivity contribution in [2.24, 2.45) is 10.8 Å². The summed E-state index contributed by atoms with van der Waals surface area (Å²) in [4.78, 5) is 2.59. The zero-order valence-electron chi connectivity index (χ0n) is 18.0. The summed E-state index contributed by atoms with van der Waals surface area (Å²) in [6.45, 7) is 15.4. The lowest BCUT2D eigenvalue weighted by Crippen LogP contribution is -2.35. The van der Waals surface area contributed by atoms with Gasteiger partial charge in [0.05, 0.1) is 0 Å². The smallest absolute Gasteiger partial charge is 0.123 e. The Labute approximate surface area is 172 Å². The van der Waals surface area contributed by atoms with Gasteiger partial charge in [-0.25, -0.2) is 4.39 Å². The van der Waals surface area contributed by atoms with Crippen LogP contribution in [0.25, 0.3) is 0 Å². The van der Waals surface area contributed by atoms with Gasteiger partial charge >= 0.3 is 0 Å². The third-order valence-corrected chi connectivity index (χ3v) is 6.61. The van der Waals surface area contributed by atoms with E-state index in [9.17, 15) is 4.39 Å². The zero-order chi connectivity index (χ0) is 18.9. The van der Waals surface area contributed by atoms with E-state index in [0.29, 0.717) is 22.7 Å². The number of hydrogen-bond donors (Lipinski definition) is 0. The van der Waals surface area contributed by atoms with Crippen molar-refractivity contribution in [3.8, 4) is 0 Å². The number of piperidine rings is 1. The molecule has 1 aliphatic heterocycles. The van der Waals surface area contributed by atoms with Crippen LogP contribution < -0.4 is 0 Å². The van der Waals surface area contributed by atoms with Crippen molar-refractivity contribution in [1.82, 2.24) is 4.90 Å². The number of halogens is 2. The molecule has 0 spiro atoms. The maximum atomic E-state index is 14.2. The lowest BCUT2D eigenvalue weighted by atomic mass is 9.59. The van der Waals surface area contributed by atoms with Gasteiger partial charge in [-0.05, 0) is 104 Å². The topological polar surface area (TPSA) is 3.24 Å². The minimum atomic E-state index is -0.0617. The summed E-state index contributed by atoms with van der Waals surface area (Å²) in [7, 11) is 0. The summed E-state index contributed by atoms with van der Waals surface area (Å²) < 4.78 is 14.2. The molecule has 0 unspecified atom stereocenters. The van der Waals surface area contributed by atoms with Crippen LogP contribution in [0.4, 0.5) is 4.39 Å². The van der Waals surface area contributed by atoms with Crippen molar-refractivity contribution in [2.45, 2.75) is 85.0 Å². The number of hydrogen-bond acceptors (Lipinski definition) is 1. The fourth-order valence-electron chi connectivity index (χ4n) is 6.12. The molecule has 27 heavy (non-hydrogen) atoms. The number of nitrogens with zero attached hydrogens (tertiary/aromatic N) is 1. The second kappa shape index (κ2) is 8.82. The van der Waals surface area contributed by atoms with E-state index < -0.39 is 0 Å². The van der Waals surface area contributed by atoms with Gasteiger partial charge in [-0.2, -0.15) is 0 Å². The Hall–Kier alpha value is -0.600. The average Bonchev–Trinajstić information content (AvgIpc) is 2.53. The summed E-state index contributed by atoms with van der Waals surface area (Å²) in [5.41, 5.74) is 3.43. The monoisotopic (exact) mass is 395 g/mol. The number of likely N-dealkylation sites (tertiary alicyclic amines) is 1. The molecule has 3 heteroatoms. The highest BCUT2D eigenvalue weighted by atomic mass is 35.5. The van der Waals surface area contributed by atoms with Crippen molar-refractivity contribution in [3.63, 3.8) is 0 Å². The van der Waals surface area contributed by atoms with Gasteiger partial charge in [0.15, 0.2) is 0 Å². The highest BCUT2D eigenvalue weighted by Crippen LogP contribution is 2.53. The van der Waals surface area contributed by atoms with Gasteiger partial charge in [-0.3, -0.25) is 0 Å². The number of rotatable bonds is 4. The largest absolute Gasteiger partial charge is 0.303 e. The first kappa shape index (κ1) is 22.7. The zero-order valence-corrected chi connectivity index (χ0v) is 18.8. The van der Waals surface area contributed by atoms with Crippen molar-refractivity contribution >= 4 is 12.4 Å². The Kier molecular flexibility index (Phi) is 7.41. The summed E-state index contributed by atoms with van der Waals surface area (Å²) in [5.74, 6) is 1.04. The Morgan fingerprint density at radius 3 is 2.11 bits per heavy atom. The maximum Gasteiger partial charge on any atom is 0.123 e. The summed E-state index contributed by atoms with van der Waals surface area (Å²) in [5, 5.41) is 0. The lowest BCUT2D eigenvalue weighted by molar-refractivity contribution is 0.0961. The van der Waals surface area contributed by atoms with Crippen LogP contribution in [-0.4, -0.2) is 24.5 Å². The maximum absolute atomic E-state index is 14.2. The molecule has 0 atom stereocenters. The van der Waals surface area contributed by atoms with Crippen molar-refractivity contribution in [1.29, 1.82) is 0 Å². The fourth-order valence-corrected chi connectivity index (χ4v) is 6.12. The Bertz CT molecular complexity index is 601. The molecule has 1 heterocycles. The summed E-state index contributed by atoms with van der Waals surface area (Å²) in [6, 6.07) is 5.67. The Morgan fingerprint density at radius 2 is 1.56 bits per heavy atom. The highest BCUT2D eigenvalue weighted by Gasteiger charge is 2.40. The van der Waals surface area contributed by atoms with Gasteiger partial charge < -0.3 is 4.90 Å². The predicted molar refractivity (Wildman–Crippen MR) is 117 cm³/mol. The molecule has 154 valence electrons. The number of benzene rings is 1. The summed E-state index contributed by atoms with van der Waals surface area (Å²) in [6.07, 6.45) is 7.30. The van der Waals surface area contributed by atoms with Crippen molar-refractivity contribution < 1.29 is 4.39 Å². The first-order chi connectivity index (χ1) is 12.2. The Morgan fingerprint density at radius 1 is 0.963 bits per heavy atom. The second-order valence-corrected chi connectivity index (χ2v) is 10.5. The third-order valence-electron chi connectivity index (χ3n) is 6.61. The summed E-state index contributed by atoms with van der Waals surface area (Å²) >= 11 is 0. The van der Waals surface area contributed by atoms with Gasteiger partial charge in [-0.1, -0.05) is 40.7 Å². The van der Waals surface area contributed by atoms with Crippen LogP contribution in [0.15, 0.2) is 18.2 Å². The quantitative estimate of drug-likeness (QED) is 0.522. The molecule has 1 aromatic rings. The van der Waals surface area contributed by atoms with E-state index in [2.05, 4.69) is 45.6 Å². The molecule has 1 saturated heterocycles. The molecule has 3 rings (SSSR count). The van der Waals surface area contributed by atoms with Gasteiger partial charge in [0.25, 0.3) is 0 Å². The van der Waals surface area contributed by atoms with Crippen molar-refractivity contribution in [2.75, 3.05) is 19.6 Å². The molecule has 0 N–H and O–H groups in total. The van der Waals surface area contributed by atoms with Crippen LogP contribution in [-0.2, 0) is 0 Å². The lowest BCUT2D eigenvalue weighted by Gasteiger charge is -2.46. The highest BCUT2D eigenvalue weighted by molar-refractivity contribution is 5.85. The molecule has 0 radical (unpaired) electrons. The van der Waals surface area contributed by atoms with Crippen LogP contribution in [0.3, 0.4) is 0 Å². The van der Waals surface area contributed by atoms with E-state index in [1.54, 1.807) is 6.07 Å². The first-order valence-electron chi connectivity index (χ1n) is 10.7. The third kappa shape index (κ3) is 5.70. The SMILES string of the molecule is CCCN1CCC(c2ccc(F)cc2C2CC(C)(C)CC(C)(C)C2)CC1.Cl. The van der Waals surface area contributed by atoms with E-state index in [1.807, 2.05) is 6.07 Å². The normalized spacial score (nSPS) is 23.8. The van der Waals surface area contributed by atoms with Crippen LogP contribution >= 0.6 is 12.4 Å². The molecule has 0 amide bonds. The van der Waals surface area contributed by atoms with E-state index in [4.69, 9.17) is 0 Å². The van der Waals surface area contributed by atoms with Gasteiger partial charge in [0.1, 0.15) is 5.82 Å². The van der Waals surface area contributed by atoms with E-state index in [-0.39, 0.29) is 18.2 Å². The molecule has 1 aliphatic carbocycles. The molecular formula is C24H39ClFN. The minimum absolute atomic E-state index is 0. The molecule has 0 aromatic heterocycles. The minimum Gasteiger partial charge on any atom is -0.303 e. The fraction of sp³-hybridized carbons (Fsp3) is 0.750. The molecule has 1 saturated carbocycles. The van der Waals surface area contributed by atoms with E-state index in [0.717, 1.165) is 0 Å². The van der Waals surface area contributed by atoms with Gasteiger partial charge in [0, 0.05) is 0 Å². The standard InChI is InChI=1S/C24H38FN.ClH/c1-6-11-26-12-9-18(10-13-26)21-8-7-20(25)14-22(21)19-15-23(2,3)17-24(4,5)16-19;/h7-8,14,18-19H,6,9-13,15-17H2,1-5H3;1H. The first-order valence-corrected chi connectivity index (χ1v) is 10.7. The molecule has 0 bridgehead atoms. The van der Waals surface area contributed by atoms with Gasteiger partial charge in [-0.15, -0.1) is 12.4 Å². The molecule has 2 fully saturated rings. The van der Waals surface area contributed by atoms with Gasteiger partial charge in [0.2, 0.25) is 0 Å². The second-order valence-electron chi connectivity index (χ2n) is 10.5. The molecule has 1 aromatic carbocycles. The van der Waals surface area contributed by atoms with E-state index >= 15 is 0 Å².